The van der Waals surface area contributed by atoms with Crippen molar-refractivity contribution in [1.82, 2.24) is 0 Å². The zero-order valence-electron chi connectivity index (χ0n) is 22.8. The molecule has 0 bridgehead atoms. The van der Waals surface area contributed by atoms with Crippen LogP contribution in [-0.4, -0.2) is 28.6 Å². The van der Waals surface area contributed by atoms with Crippen LogP contribution in [0, 0.1) is 0 Å². The number of hydrogen-bond donors (Lipinski definition) is 0. The molecule has 0 aliphatic heterocycles. The topological polar surface area (TPSA) is 0 Å². The fourth-order valence-corrected chi connectivity index (χ4v) is 23.2. The van der Waals surface area contributed by atoms with Crippen LogP contribution in [0.15, 0.2) is 182 Å². The first-order valence-electron chi connectivity index (χ1n) is 13.8. The SMILES string of the molecule is C([Te]C=P(c1ccccc1)(c1ccccc1)c1ccccc1)=P(c1ccccc1)(c1ccccc1)c1ccccc1. The van der Waals surface area contributed by atoms with Crippen LogP contribution in [0.3, 0.4) is 0 Å². The van der Waals surface area contributed by atoms with Crippen molar-refractivity contribution in [2.75, 3.05) is 0 Å². The fraction of sp³-hybridized carbons (Fsp3) is 0. The van der Waals surface area contributed by atoms with E-state index < -0.39 is 34.7 Å². The molecule has 0 radical (unpaired) electrons. The molecule has 0 aliphatic rings. The van der Waals surface area contributed by atoms with Gasteiger partial charge < -0.3 is 0 Å². The van der Waals surface area contributed by atoms with Crippen molar-refractivity contribution in [2.45, 2.75) is 0 Å². The third-order valence-corrected chi connectivity index (χ3v) is 22.5. The van der Waals surface area contributed by atoms with Crippen LogP contribution in [0.25, 0.3) is 0 Å². The summed E-state index contributed by atoms with van der Waals surface area (Å²) in [6.07, 6.45) is 0. The van der Waals surface area contributed by atoms with Gasteiger partial charge >= 0.3 is 256 Å². The molecule has 0 amide bonds. The van der Waals surface area contributed by atoms with Crippen molar-refractivity contribution in [2.24, 2.45) is 0 Å². The van der Waals surface area contributed by atoms with Gasteiger partial charge in [0.15, 0.2) is 0 Å². The zero-order valence-corrected chi connectivity index (χ0v) is 26.9. The molecule has 0 unspecified atom stereocenters. The second-order valence-electron chi connectivity index (χ2n) is 9.81. The molecular weight excluding hydrogens is 646 g/mol. The van der Waals surface area contributed by atoms with E-state index in [0.717, 1.165) is 0 Å². The van der Waals surface area contributed by atoms with E-state index in [1.165, 1.54) is 31.8 Å². The summed E-state index contributed by atoms with van der Waals surface area (Å²) in [4.78, 5) is 0. The van der Waals surface area contributed by atoms with E-state index in [9.17, 15) is 0 Å². The summed E-state index contributed by atoms with van der Waals surface area (Å²) in [5, 5.41) is 8.49. The van der Waals surface area contributed by atoms with E-state index in [1.54, 1.807) is 0 Å². The fourth-order valence-electron chi connectivity index (χ4n) is 5.45. The Morgan fingerprint density at radius 2 is 0.439 bits per heavy atom. The third-order valence-electron chi connectivity index (χ3n) is 7.42. The molecule has 0 fully saturated rings. The maximum atomic E-state index is 2.78. The molecule has 0 saturated heterocycles. The van der Waals surface area contributed by atoms with Gasteiger partial charge in [-0.15, -0.1) is 0 Å². The Hall–Kier alpha value is -3.29. The summed E-state index contributed by atoms with van der Waals surface area (Å²) in [6.45, 7) is -3.99. The van der Waals surface area contributed by atoms with E-state index in [-0.39, 0.29) is 0 Å². The summed E-state index contributed by atoms with van der Waals surface area (Å²) in [5.74, 6) is 0. The Morgan fingerprint density at radius 3 is 0.610 bits per heavy atom. The van der Waals surface area contributed by atoms with Gasteiger partial charge in [0.25, 0.3) is 0 Å². The summed E-state index contributed by atoms with van der Waals surface area (Å²) in [5.41, 5.74) is 0. The van der Waals surface area contributed by atoms with Gasteiger partial charge in [-0.2, -0.15) is 0 Å². The number of hydrogen-bond acceptors (Lipinski definition) is 0. The predicted molar refractivity (Wildman–Crippen MR) is 188 cm³/mol. The van der Waals surface area contributed by atoms with Crippen molar-refractivity contribution < 1.29 is 0 Å². The number of rotatable bonds is 8. The molecule has 0 heterocycles. The van der Waals surface area contributed by atoms with Gasteiger partial charge in [-0.05, 0) is 0 Å². The standard InChI is InChI=1S/C38H32P2Te/c1-7-19-33(20-8-1)39(34-21-9-2-10-22-34,35-23-11-3-12-24-35)31-41-32-40(36-25-13-4-14-26-36,37-27-15-5-16-28-37)38-29-17-6-18-30-38/h1-32H. The molecule has 0 aromatic heterocycles. The molecule has 6 aromatic rings. The predicted octanol–water partition coefficient (Wildman–Crippen LogP) is 6.20. The van der Waals surface area contributed by atoms with Crippen LogP contribution in [0.5, 0.6) is 0 Å². The van der Waals surface area contributed by atoms with E-state index in [1.807, 2.05) is 0 Å². The minimum atomic E-state index is -1.99. The van der Waals surface area contributed by atoms with Crippen molar-refractivity contribution >= 4 is 74.2 Å². The average Bonchev–Trinajstić information content (AvgIpc) is 3.08. The Bertz CT molecular complexity index is 1440. The van der Waals surface area contributed by atoms with Gasteiger partial charge in [0, 0.05) is 0 Å². The van der Waals surface area contributed by atoms with Gasteiger partial charge in [0.05, 0.1) is 0 Å². The molecule has 6 aromatic carbocycles. The Kier molecular flexibility index (Phi) is 8.92. The van der Waals surface area contributed by atoms with Crippen molar-refractivity contribution in [3.05, 3.63) is 182 Å². The van der Waals surface area contributed by atoms with Crippen molar-refractivity contribution in [1.29, 1.82) is 0 Å². The molecule has 6 rings (SSSR count). The first kappa shape index (κ1) is 27.9. The molecule has 3 heteroatoms. The van der Waals surface area contributed by atoms with Gasteiger partial charge in [-0.1, -0.05) is 0 Å². The molecule has 0 aliphatic carbocycles. The van der Waals surface area contributed by atoms with E-state index in [4.69, 9.17) is 0 Å². The Labute approximate surface area is 254 Å². The average molecular weight is 678 g/mol. The van der Waals surface area contributed by atoms with Crippen LogP contribution >= 0.6 is 13.8 Å². The summed E-state index contributed by atoms with van der Waals surface area (Å²) < 4.78 is 5.56. The molecule has 200 valence electrons. The van der Waals surface area contributed by atoms with Crippen LogP contribution in [-0.2, 0) is 0 Å². The van der Waals surface area contributed by atoms with E-state index in [2.05, 4.69) is 190 Å². The van der Waals surface area contributed by atoms with Gasteiger partial charge in [0.2, 0.25) is 0 Å². The molecular formula is C38H32P2Te. The van der Waals surface area contributed by atoms with Gasteiger partial charge in [-0.3, -0.25) is 0 Å². The molecule has 0 saturated carbocycles. The second-order valence-corrected chi connectivity index (χ2v) is 20.6. The van der Waals surface area contributed by atoms with Gasteiger partial charge in [0.1, 0.15) is 0 Å². The van der Waals surface area contributed by atoms with Crippen LogP contribution in [0.1, 0.15) is 0 Å². The first-order chi connectivity index (χ1) is 20.3. The summed E-state index contributed by atoms with van der Waals surface area (Å²) in [6, 6.07) is 67.2. The zero-order chi connectivity index (χ0) is 27.8. The molecule has 0 atom stereocenters. The van der Waals surface area contributed by atoms with Crippen LogP contribution in [0.2, 0.25) is 0 Å². The monoisotopic (exact) mass is 680 g/mol. The van der Waals surface area contributed by atoms with Crippen molar-refractivity contribution in [3.8, 4) is 0 Å². The first-order valence-corrected chi connectivity index (χ1v) is 20.2. The molecule has 0 nitrogen and oxygen atoms in total. The molecule has 41 heavy (non-hydrogen) atoms. The van der Waals surface area contributed by atoms with Crippen LogP contribution < -0.4 is 31.8 Å². The third kappa shape index (κ3) is 5.62. The number of benzene rings is 6. The minimum absolute atomic E-state index is 0.703. The quantitative estimate of drug-likeness (QED) is 0.133. The van der Waals surface area contributed by atoms with Gasteiger partial charge in [-0.25, -0.2) is 0 Å². The Morgan fingerprint density at radius 1 is 0.268 bits per heavy atom. The normalized spacial score (nSPS) is 11.5. The van der Waals surface area contributed by atoms with E-state index in [0.29, 0.717) is 0 Å². The molecule has 0 N–H and O–H groups in total. The second kappa shape index (κ2) is 13.1. The van der Waals surface area contributed by atoms with Crippen molar-refractivity contribution in [3.63, 3.8) is 0 Å². The van der Waals surface area contributed by atoms with E-state index >= 15 is 0 Å². The Balaban J connectivity index is 1.68. The summed E-state index contributed by atoms with van der Waals surface area (Å²) >= 11 is -0.703. The maximum absolute atomic E-state index is 2.78. The molecule has 0 spiro atoms. The van der Waals surface area contributed by atoms with Crippen LogP contribution in [0.4, 0.5) is 0 Å². The summed E-state index contributed by atoms with van der Waals surface area (Å²) in [7, 11) is 0.